The van der Waals surface area contributed by atoms with E-state index in [1.165, 1.54) is 18.1 Å². The molecule has 138 valence electrons. The zero-order valence-corrected chi connectivity index (χ0v) is 16.3. The van der Waals surface area contributed by atoms with Crippen molar-refractivity contribution in [3.63, 3.8) is 0 Å². The molecule has 0 spiro atoms. The number of hydrogen-bond donors (Lipinski definition) is 0. The number of carbonyl (C=O) groups is 1. The molecule has 1 unspecified atom stereocenters. The number of ether oxygens (including phenoxy) is 1. The number of aromatic nitrogens is 1. The molecule has 3 heteroatoms. The maximum Gasteiger partial charge on any atom is 0.308 e. The molecular weight excluding hydrogens is 334 g/mol. The van der Waals surface area contributed by atoms with Crippen LogP contribution in [0.5, 0.6) is 5.75 Å². The fourth-order valence-electron chi connectivity index (χ4n) is 3.15. The van der Waals surface area contributed by atoms with Crippen LogP contribution in [-0.4, -0.2) is 11.0 Å². The molecule has 1 aromatic heterocycles. The molecule has 1 atom stereocenters. The van der Waals surface area contributed by atoms with Crippen molar-refractivity contribution in [1.82, 2.24) is 4.98 Å². The van der Waals surface area contributed by atoms with Gasteiger partial charge in [0, 0.05) is 13.1 Å². The third-order valence-corrected chi connectivity index (χ3v) is 4.57. The van der Waals surface area contributed by atoms with E-state index in [-0.39, 0.29) is 17.3 Å². The van der Waals surface area contributed by atoms with Gasteiger partial charge in [0.1, 0.15) is 5.75 Å². The summed E-state index contributed by atoms with van der Waals surface area (Å²) in [7, 11) is 0. The molecule has 0 fully saturated rings. The van der Waals surface area contributed by atoms with Crippen molar-refractivity contribution in [2.75, 3.05) is 0 Å². The summed E-state index contributed by atoms with van der Waals surface area (Å²) in [5.41, 5.74) is 4.69. The second-order valence-electron chi connectivity index (χ2n) is 7.72. The van der Waals surface area contributed by atoms with Crippen LogP contribution in [0.3, 0.4) is 0 Å². The number of esters is 1. The Morgan fingerprint density at radius 3 is 1.96 bits per heavy atom. The first-order valence-electron chi connectivity index (χ1n) is 9.14. The summed E-state index contributed by atoms with van der Waals surface area (Å²) in [5.74, 6) is 0.252. The fraction of sp³-hybridized carbons (Fsp3) is 0.250. The van der Waals surface area contributed by atoms with E-state index in [0.717, 1.165) is 11.3 Å². The molecule has 0 saturated carbocycles. The van der Waals surface area contributed by atoms with Crippen LogP contribution in [-0.2, 0) is 10.2 Å². The van der Waals surface area contributed by atoms with Gasteiger partial charge >= 0.3 is 5.97 Å². The van der Waals surface area contributed by atoms with Crippen LogP contribution in [0, 0.1) is 0 Å². The van der Waals surface area contributed by atoms with Gasteiger partial charge in [-0.2, -0.15) is 0 Å². The minimum atomic E-state index is -0.318. The minimum Gasteiger partial charge on any atom is -0.427 e. The lowest BCUT2D eigenvalue weighted by molar-refractivity contribution is -0.131. The first-order chi connectivity index (χ1) is 12.8. The normalized spacial score (nSPS) is 12.4. The Balaban J connectivity index is 2.01. The third-order valence-electron chi connectivity index (χ3n) is 4.57. The molecule has 3 nitrogen and oxygen atoms in total. The molecule has 3 rings (SSSR count). The predicted octanol–water partition coefficient (Wildman–Crippen LogP) is 5.48. The topological polar surface area (TPSA) is 39.2 Å². The van der Waals surface area contributed by atoms with Gasteiger partial charge in [0.25, 0.3) is 0 Å². The second-order valence-corrected chi connectivity index (χ2v) is 7.72. The van der Waals surface area contributed by atoms with Gasteiger partial charge in [-0.25, -0.2) is 0 Å². The number of pyridine rings is 1. The maximum atomic E-state index is 11.2. The molecule has 0 N–H and O–H groups in total. The van der Waals surface area contributed by atoms with Crippen molar-refractivity contribution in [3.8, 4) is 5.75 Å². The first kappa shape index (κ1) is 18.8. The standard InChI is InChI=1S/C24H25NO2/c1-17(26)27-21-14-10-19(11-15-21)23(22-7-5-6-16-25-22)18-8-12-20(13-9-18)24(2,3)4/h5-16,23H,1-4H3. The maximum absolute atomic E-state index is 11.2. The molecule has 0 bridgehead atoms. The summed E-state index contributed by atoms with van der Waals surface area (Å²) in [5, 5.41) is 0. The average Bonchev–Trinajstić information content (AvgIpc) is 2.64. The van der Waals surface area contributed by atoms with E-state index in [2.05, 4.69) is 50.0 Å². The van der Waals surface area contributed by atoms with Crippen molar-refractivity contribution in [3.05, 3.63) is 95.3 Å². The van der Waals surface area contributed by atoms with E-state index in [0.29, 0.717) is 5.75 Å². The second kappa shape index (κ2) is 7.75. The van der Waals surface area contributed by atoms with Crippen LogP contribution in [0.1, 0.15) is 56.0 Å². The van der Waals surface area contributed by atoms with E-state index in [1.54, 1.807) is 0 Å². The van der Waals surface area contributed by atoms with Crippen LogP contribution in [0.4, 0.5) is 0 Å². The highest BCUT2D eigenvalue weighted by Gasteiger charge is 2.20. The molecule has 3 aromatic rings. The van der Waals surface area contributed by atoms with E-state index in [4.69, 9.17) is 4.74 Å². The number of carbonyl (C=O) groups excluding carboxylic acids is 1. The van der Waals surface area contributed by atoms with Crippen molar-refractivity contribution in [1.29, 1.82) is 0 Å². The number of nitrogens with zero attached hydrogens (tertiary/aromatic N) is 1. The van der Waals surface area contributed by atoms with Gasteiger partial charge < -0.3 is 4.74 Å². The molecule has 0 aliphatic carbocycles. The lowest BCUT2D eigenvalue weighted by atomic mass is 9.83. The van der Waals surface area contributed by atoms with Crippen LogP contribution < -0.4 is 4.74 Å². The van der Waals surface area contributed by atoms with Gasteiger partial charge in [0.05, 0.1) is 11.6 Å². The lowest BCUT2D eigenvalue weighted by Crippen LogP contribution is -2.12. The van der Waals surface area contributed by atoms with Crippen LogP contribution in [0.2, 0.25) is 0 Å². The van der Waals surface area contributed by atoms with Crippen LogP contribution in [0.15, 0.2) is 72.9 Å². The van der Waals surface area contributed by atoms with Crippen molar-refractivity contribution < 1.29 is 9.53 Å². The van der Waals surface area contributed by atoms with Gasteiger partial charge in [-0.3, -0.25) is 9.78 Å². The molecule has 0 amide bonds. The summed E-state index contributed by atoms with van der Waals surface area (Å²) in [6.07, 6.45) is 1.82. The number of rotatable bonds is 4. The molecule has 2 aromatic carbocycles. The Hall–Kier alpha value is -2.94. The Kier molecular flexibility index (Phi) is 5.41. The van der Waals surface area contributed by atoms with Crippen molar-refractivity contribution in [2.45, 2.75) is 39.0 Å². The molecule has 0 aliphatic rings. The first-order valence-corrected chi connectivity index (χ1v) is 9.14. The highest BCUT2D eigenvalue weighted by molar-refractivity contribution is 5.69. The van der Waals surface area contributed by atoms with Crippen LogP contribution in [0.25, 0.3) is 0 Å². The van der Waals surface area contributed by atoms with E-state index in [1.807, 2.05) is 48.7 Å². The van der Waals surface area contributed by atoms with E-state index in [9.17, 15) is 4.79 Å². The van der Waals surface area contributed by atoms with Crippen molar-refractivity contribution in [2.24, 2.45) is 0 Å². The quantitative estimate of drug-likeness (QED) is 0.457. The van der Waals surface area contributed by atoms with E-state index < -0.39 is 0 Å². The monoisotopic (exact) mass is 359 g/mol. The summed E-state index contributed by atoms with van der Waals surface area (Å²) in [6.45, 7) is 8.05. The molecule has 0 aliphatic heterocycles. The van der Waals surface area contributed by atoms with Gasteiger partial charge in [-0.1, -0.05) is 63.2 Å². The number of benzene rings is 2. The van der Waals surface area contributed by atoms with Crippen molar-refractivity contribution >= 4 is 5.97 Å². The zero-order valence-electron chi connectivity index (χ0n) is 16.3. The molecule has 0 radical (unpaired) electrons. The van der Waals surface area contributed by atoms with Gasteiger partial charge in [0.15, 0.2) is 0 Å². The summed E-state index contributed by atoms with van der Waals surface area (Å²) in [6, 6.07) is 22.4. The SMILES string of the molecule is CC(=O)Oc1ccc(C(c2ccc(C(C)(C)C)cc2)c2ccccn2)cc1. The molecule has 0 saturated heterocycles. The van der Waals surface area contributed by atoms with Gasteiger partial charge in [-0.05, 0) is 46.4 Å². The predicted molar refractivity (Wildman–Crippen MR) is 108 cm³/mol. The highest BCUT2D eigenvalue weighted by Crippen LogP contribution is 2.33. The Bertz CT molecular complexity index is 892. The smallest absolute Gasteiger partial charge is 0.308 e. The lowest BCUT2D eigenvalue weighted by Gasteiger charge is -2.22. The highest BCUT2D eigenvalue weighted by atomic mass is 16.5. The largest absolute Gasteiger partial charge is 0.427 e. The average molecular weight is 359 g/mol. The summed E-state index contributed by atoms with van der Waals surface area (Å²) >= 11 is 0. The van der Waals surface area contributed by atoms with Gasteiger partial charge in [-0.15, -0.1) is 0 Å². The Labute approximate surface area is 161 Å². The Morgan fingerprint density at radius 2 is 1.48 bits per heavy atom. The molecule has 1 heterocycles. The fourth-order valence-corrected chi connectivity index (χ4v) is 3.15. The molecule has 27 heavy (non-hydrogen) atoms. The van der Waals surface area contributed by atoms with Gasteiger partial charge in [0.2, 0.25) is 0 Å². The van der Waals surface area contributed by atoms with Crippen LogP contribution >= 0.6 is 0 Å². The number of hydrogen-bond acceptors (Lipinski definition) is 3. The Morgan fingerprint density at radius 1 is 0.889 bits per heavy atom. The van der Waals surface area contributed by atoms with E-state index >= 15 is 0 Å². The molecular formula is C24H25NO2. The summed E-state index contributed by atoms with van der Waals surface area (Å²) < 4.78 is 5.16. The third kappa shape index (κ3) is 4.62. The minimum absolute atomic E-state index is 0.0200. The zero-order chi connectivity index (χ0) is 19.4. The summed E-state index contributed by atoms with van der Waals surface area (Å²) in [4.78, 5) is 15.7.